The number of benzene rings is 2. The van der Waals surface area contributed by atoms with Crippen molar-refractivity contribution in [2.75, 3.05) is 23.9 Å². The van der Waals surface area contributed by atoms with Crippen LogP contribution in [0.3, 0.4) is 0 Å². The molecule has 3 aromatic rings. The van der Waals surface area contributed by atoms with E-state index in [9.17, 15) is 22.8 Å². The standard InChI is InChI=1S/C21H17F3N4O5/c1-31-16-5-3-2-4-15(16)18(30)25-20-27-26-19(32-20)12-10-17(29)28(11-12)13-6-8-14(9-7-13)33-21(22,23)24/h2-9,12H,10-11H2,1H3,(H,25,27,30)/t12-/m0/s1. The van der Waals surface area contributed by atoms with Crippen molar-refractivity contribution in [2.24, 2.45) is 0 Å². The average Bonchev–Trinajstić information content (AvgIpc) is 3.39. The molecule has 2 amide bonds. The molecule has 2 heterocycles. The number of para-hydroxylation sites is 1. The summed E-state index contributed by atoms with van der Waals surface area (Å²) < 4.78 is 51.5. The summed E-state index contributed by atoms with van der Waals surface area (Å²) in [5.41, 5.74) is 0.682. The monoisotopic (exact) mass is 462 g/mol. The molecule has 172 valence electrons. The van der Waals surface area contributed by atoms with Gasteiger partial charge < -0.3 is 18.8 Å². The molecule has 1 atom stereocenters. The van der Waals surface area contributed by atoms with E-state index < -0.39 is 18.2 Å². The van der Waals surface area contributed by atoms with E-state index in [1.807, 2.05) is 0 Å². The molecule has 1 N–H and O–H groups in total. The van der Waals surface area contributed by atoms with Crippen LogP contribution < -0.4 is 19.7 Å². The Morgan fingerprint density at radius 1 is 1.15 bits per heavy atom. The first-order valence-corrected chi connectivity index (χ1v) is 9.67. The van der Waals surface area contributed by atoms with Crippen LogP contribution in [0.25, 0.3) is 0 Å². The van der Waals surface area contributed by atoms with Crippen molar-refractivity contribution in [1.82, 2.24) is 10.2 Å². The number of anilines is 2. The van der Waals surface area contributed by atoms with Gasteiger partial charge in [0.2, 0.25) is 11.8 Å². The number of hydrogen-bond donors (Lipinski definition) is 1. The Morgan fingerprint density at radius 3 is 2.58 bits per heavy atom. The first-order valence-electron chi connectivity index (χ1n) is 9.67. The van der Waals surface area contributed by atoms with Crippen LogP contribution in [0, 0.1) is 0 Å². The van der Waals surface area contributed by atoms with Gasteiger partial charge in [-0.1, -0.05) is 17.2 Å². The molecule has 1 aliphatic heterocycles. The Morgan fingerprint density at radius 2 is 1.88 bits per heavy atom. The van der Waals surface area contributed by atoms with Crippen molar-refractivity contribution in [3.05, 3.63) is 60.0 Å². The molecule has 1 aromatic heterocycles. The summed E-state index contributed by atoms with van der Waals surface area (Å²) in [6.45, 7) is 0.181. The van der Waals surface area contributed by atoms with Crippen LogP contribution in [0.5, 0.6) is 11.5 Å². The fraction of sp³-hybridized carbons (Fsp3) is 0.238. The second kappa shape index (κ2) is 8.81. The van der Waals surface area contributed by atoms with Gasteiger partial charge in [-0.3, -0.25) is 14.9 Å². The lowest BCUT2D eigenvalue weighted by Crippen LogP contribution is -2.24. The van der Waals surface area contributed by atoms with E-state index in [1.54, 1.807) is 24.3 Å². The van der Waals surface area contributed by atoms with Gasteiger partial charge in [0.1, 0.15) is 11.5 Å². The van der Waals surface area contributed by atoms with Gasteiger partial charge in [0.25, 0.3) is 5.91 Å². The van der Waals surface area contributed by atoms with Crippen molar-refractivity contribution < 1.29 is 36.7 Å². The van der Waals surface area contributed by atoms with Gasteiger partial charge in [0, 0.05) is 18.7 Å². The predicted octanol–water partition coefficient (Wildman–Crippen LogP) is 3.75. The first-order chi connectivity index (χ1) is 15.7. The topological polar surface area (TPSA) is 107 Å². The smallest absolute Gasteiger partial charge is 0.496 e. The zero-order chi connectivity index (χ0) is 23.6. The number of methoxy groups -OCH3 is 1. The summed E-state index contributed by atoms with van der Waals surface area (Å²) in [5, 5.41) is 10.2. The van der Waals surface area contributed by atoms with Gasteiger partial charge in [0.05, 0.1) is 18.6 Å². The summed E-state index contributed by atoms with van der Waals surface area (Å²) >= 11 is 0. The minimum absolute atomic E-state index is 0.0584. The van der Waals surface area contributed by atoms with E-state index in [0.29, 0.717) is 11.4 Å². The lowest BCUT2D eigenvalue weighted by atomic mass is 10.1. The second-order valence-corrected chi connectivity index (χ2v) is 7.05. The zero-order valence-electron chi connectivity index (χ0n) is 17.1. The number of hydrogen-bond acceptors (Lipinski definition) is 7. The maximum atomic E-state index is 12.5. The van der Waals surface area contributed by atoms with Crippen LogP contribution in [-0.2, 0) is 4.79 Å². The summed E-state index contributed by atoms with van der Waals surface area (Å²) in [6, 6.07) is 11.4. The molecule has 4 rings (SSSR count). The number of nitrogens with zero attached hydrogens (tertiary/aromatic N) is 3. The molecule has 0 bridgehead atoms. The van der Waals surface area contributed by atoms with Crippen LogP contribution in [0.15, 0.2) is 52.9 Å². The molecule has 0 spiro atoms. The van der Waals surface area contributed by atoms with Crippen LogP contribution in [0.2, 0.25) is 0 Å². The minimum Gasteiger partial charge on any atom is -0.496 e. The van der Waals surface area contributed by atoms with E-state index in [0.717, 1.165) is 12.1 Å². The number of amides is 2. The van der Waals surface area contributed by atoms with Crippen LogP contribution in [0.4, 0.5) is 24.9 Å². The van der Waals surface area contributed by atoms with Gasteiger partial charge in [-0.15, -0.1) is 18.3 Å². The highest BCUT2D eigenvalue weighted by Crippen LogP contribution is 2.33. The Balaban J connectivity index is 1.42. The number of carbonyl (C=O) groups excluding carboxylic acids is 2. The SMILES string of the molecule is COc1ccccc1C(=O)Nc1nnc([C@H]2CC(=O)N(c3ccc(OC(F)(F)F)cc3)C2)o1. The number of rotatable bonds is 6. The molecular weight excluding hydrogens is 445 g/mol. The van der Waals surface area contributed by atoms with E-state index in [4.69, 9.17) is 9.15 Å². The molecule has 33 heavy (non-hydrogen) atoms. The van der Waals surface area contributed by atoms with Crippen molar-refractivity contribution in [3.63, 3.8) is 0 Å². The van der Waals surface area contributed by atoms with Crippen molar-refractivity contribution in [2.45, 2.75) is 18.7 Å². The fourth-order valence-electron chi connectivity index (χ4n) is 3.40. The number of alkyl halides is 3. The highest BCUT2D eigenvalue weighted by atomic mass is 19.4. The van der Waals surface area contributed by atoms with E-state index >= 15 is 0 Å². The van der Waals surface area contributed by atoms with E-state index in [-0.39, 0.29) is 42.1 Å². The van der Waals surface area contributed by atoms with Gasteiger partial charge in [-0.25, -0.2) is 0 Å². The van der Waals surface area contributed by atoms with Crippen LogP contribution in [0.1, 0.15) is 28.6 Å². The number of ether oxygens (including phenoxy) is 2. The predicted molar refractivity (Wildman–Crippen MR) is 108 cm³/mol. The zero-order valence-corrected chi connectivity index (χ0v) is 17.1. The molecule has 9 nitrogen and oxygen atoms in total. The molecule has 0 saturated carbocycles. The number of aromatic nitrogens is 2. The van der Waals surface area contributed by atoms with Gasteiger partial charge in [-0.05, 0) is 36.4 Å². The third-order valence-electron chi connectivity index (χ3n) is 4.87. The lowest BCUT2D eigenvalue weighted by Gasteiger charge is -2.17. The summed E-state index contributed by atoms with van der Waals surface area (Å²) in [7, 11) is 1.44. The third-order valence-corrected chi connectivity index (χ3v) is 4.87. The maximum Gasteiger partial charge on any atom is 0.573 e. The van der Waals surface area contributed by atoms with Gasteiger partial charge in [-0.2, -0.15) is 0 Å². The molecule has 1 fully saturated rings. The molecule has 1 aliphatic rings. The molecule has 0 radical (unpaired) electrons. The van der Waals surface area contributed by atoms with E-state index in [2.05, 4.69) is 20.3 Å². The number of halogens is 3. The largest absolute Gasteiger partial charge is 0.573 e. The maximum absolute atomic E-state index is 12.5. The van der Waals surface area contributed by atoms with E-state index in [1.165, 1.54) is 24.1 Å². The fourth-order valence-corrected chi connectivity index (χ4v) is 3.40. The Hall–Kier alpha value is -4.09. The third kappa shape index (κ3) is 5.05. The molecule has 0 unspecified atom stereocenters. The average molecular weight is 462 g/mol. The van der Waals surface area contributed by atoms with Crippen LogP contribution in [-0.4, -0.2) is 42.0 Å². The van der Waals surface area contributed by atoms with Gasteiger partial charge >= 0.3 is 12.4 Å². The lowest BCUT2D eigenvalue weighted by molar-refractivity contribution is -0.274. The van der Waals surface area contributed by atoms with Crippen molar-refractivity contribution in [3.8, 4) is 11.5 Å². The molecule has 2 aromatic carbocycles. The Bertz CT molecular complexity index is 1160. The summed E-state index contributed by atoms with van der Waals surface area (Å²) in [5.74, 6) is -1.08. The molecule has 12 heteroatoms. The normalized spacial score (nSPS) is 16.1. The molecular formula is C21H17F3N4O5. The molecule has 0 aliphatic carbocycles. The quantitative estimate of drug-likeness (QED) is 0.595. The highest BCUT2D eigenvalue weighted by Gasteiger charge is 2.36. The Labute approximate surface area is 185 Å². The van der Waals surface area contributed by atoms with Crippen LogP contribution >= 0.6 is 0 Å². The van der Waals surface area contributed by atoms with Crippen molar-refractivity contribution in [1.29, 1.82) is 0 Å². The first kappa shape index (κ1) is 22.1. The minimum atomic E-state index is -4.80. The summed E-state index contributed by atoms with van der Waals surface area (Å²) in [4.78, 5) is 26.3. The number of carbonyl (C=O) groups is 2. The second-order valence-electron chi connectivity index (χ2n) is 7.05. The number of nitrogens with one attached hydrogen (secondary N) is 1. The highest BCUT2D eigenvalue weighted by molar-refractivity contribution is 6.05. The summed E-state index contributed by atoms with van der Waals surface area (Å²) in [6.07, 6.45) is -4.74. The van der Waals surface area contributed by atoms with Gasteiger partial charge in [0.15, 0.2) is 0 Å². The van der Waals surface area contributed by atoms with Crippen molar-refractivity contribution >= 4 is 23.5 Å². The molecule has 1 saturated heterocycles. The Kier molecular flexibility index (Phi) is 5.90.